The first kappa shape index (κ1) is 26.0. The molecule has 1 aromatic rings. The molecule has 9 heteroatoms. The average molecular weight is 498 g/mol. The Kier molecular flexibility index (Phi) is 9.58. The van der Waals surface area contributed by atoms with Gasteiger partial charge < -0.3 is 20.0 Å². The summed E-state index contributed by atoms with van der Waals surface area (Å²) in [6.07, 6.45) is 3.79. The van der Waals surface area contributed by atoms with Crippen LogP contribution in [0.3, 0.4) is 0 Å². The summed E-state index contributed by atoms with van der Waals surface area (Å²) in [7, 11) is 0. The Balaban J connectivity index is 1.46. The third kappa shape index (κ3) is 7.97. The molecule has 0 spiro atoms. The Morgan fingerprint density at radius 2 is 2.00 bits per heavy atom. The molecule has 2 aliphatic heterocycles. The van der Waals surface area contributed by atoms with Crippen LogP contribution in [0.15, 0.2) is 24.3 Å². The van der Waals surface area contributed by atoms with Crippen molar-refractivity contribution in [2.45, 2.75) is 38.4 Å². The van der Waals surface area contributed by atoms with E-state index in [1.807, 2.05) is 0 Å². The smallest absolute Gasteiger partial charge is 0.246 e. The molecular weight excluding hydrogens is 465 g/mol. The maximum absolute atomic E-state index is 12.6. The molecule has 3 atom stereocenters. The molecule has 33 heavy (non-hydrogen) atoms. The number of hydrogen-bond acceptors (Lipinski definition) is 5. The molecule has 0 radical (unpaired) electrons. The predicted octanol–water partition coefficient (Wildman–Crippen LogP) is 2.52. The van der Waals surface area contributed by atoms with Crippen LogP contribution in [0, 0.1) is 5.92 Å². The quantitative estimate of drug-likeness (QED) is 0.565. The molecule has 2 amide bonds. The molecule has 2 saturated heterocycles. The number of benzene rings is 1. The van der Waals surface area contributed by atoms with Gasteiger partial charge in [-0.15, -0.1) is 0 Å². The molecule has 0 unspecified atom stereocenters. The second kappa shape index (κ2) is 12.2. The van der Waals surface area contributed by atoms with E-state index in [0.29, 0.717) is 61.7 Å². The van der Waals surface area contributed by atoms with Gasteiger partial charge in [-0.05, 0) is 42.5 Å². The number of likely N-dealkylation sites (tertiary alicyclic amines) is 1. The van der Waals surface area contributed by atoms with E-state index in [-0.39, 0.29) is 24.3 Å². The van der Waals surface area contributed by atoms with Crippen molar-refractivity contribution < 1.29 is 19.8 Å². The lowest BCUT2D eigenvalue weighted by Gasteiger charge is -2.35. The molecule has 7 nitrogen and oxygen atoms in total. The fourth-order valence-electron chi connectivity index (χ4n) is 4.48. The lowest BCUT2D eigenvalue weighted by atomic mass is 9.97. The minimum absolute atomic E-state index is 0.00650. The van der Waals surface area contributed by atoms with Crippen LogP contribution in [-0.4, -0.2) is 94.7 Å². The van der Waals surface area contributed by atoms with Crippen molar-refractivity contribution in [1.29, 1.82) is 0 Å². The molecule has 1 aromatic carbocycles. The Hall–Kier alpha value is -1.64. The van der Waals surface area contributed by atoms with E-state index in [0.717, 1.165) is 18.5 Å². The fourth-order valence-corrected chi connectivity index (χ4v) is 4.79. The summed E-state index contributed by atoms with van der Waals surface area (Å²) in [4.78, 5) is 30.6. The first-order valence-electron chi connectivity index (χ1n) is 11.5. The van der Waals surface area contributed by atoms with Crippen molar-refractivity contribution in [3.8, 4) is 0 Å². The number of hydrogen-bond donors (Lipinski definition) is 2. The summed E-state index contributed by atoms with van der Waals surface area (Å²) in [5, 5.41) is 21.3. The second-order valence-corrected chi connectivity index (χ2v) is 9.93. The summed E-state index contributed by atoms with van der Waals surface area (Å²) >= 11 is 11.9. The van der Waals surface area contributed by atoms with Crippen molar-refractivity contribution in [1.82, 2.24) is 14.7 Å². The summed E-state index contributed by atoms with van der Waals surface area (Å²) in [5.74, 6) is 0.240. The molecule has 2 fully saturated rings. The van der Waals surface area contributed by atoms with Crippen LogP contribution >= 0.6 is 23.2 Å². The Labute approximate surface area is 205 Å². The number of β-amino-alcohol motifs (C(OH)–C–C–N with tert-alkyl or cyclic N) is 2. The van der Waals surface area contributed by atoms with Gasteiger partial charge in [0, 0.05) is 58.3 Å². The molecule has 0 aliphatic carbocycles. The molecule has 0 aromatic heterocycles. The first-order valence-corrected chi connectivity index (χ1v) is 12.2. The summed E-state index contributed by atoms with van der Waals surface area (Å²) in [5.41, 5.74) is 0.773. The number of rotatable bonds is 7. The van der Waals surface area contributed by atoms with Gasteiger partial charge in [0.25, 0.3) is 0 Å². The van der Waals surface area contributed by atoms with Gasteiger partial charge in [0.15, 0.2) is 0 Å². The van der Waals surface area contributed by atoms with Crippen molar-refractivity contribution in [2.75, 3.05) is 45.8 Å². The highest BCUT2D eigenvalue weighted by Gasteiger charge is 2.26. The van der Waals surface area contributed by atoms with Crippen molar-refractivity contribution in [2.24, 2.45) is 5.92 Å². The molecule has 182 valence electrons. The van der Waals surface area contributed by atoms with Gasteiger partial charge in [-0.1, -0.05) is 36.2 Å². The number of amides is 2. The third-order valence-electron chi connectivity index (χ3n) is 6.18. The lowest BCUT2D eigenvalue weighted by Crippen LogP contribution is -2.46. The zero-order valence-corrected chi connectivity index (χ0v) is 20.5. The number of carbonyl (C=O) groups excluding carboxylic acids is 2. The number of halogens is 2. The van der Waals surface area contributed by atoms with Gasteiger partial charge in [0.05, 0.1) is 22.3 Å². The Morgan fingerprint density at radius 3 is 2.73 bits per heavy atom. The number of nitrogens with zero attached hydrogens (tertiary/aromatic N) is 3. The first-order chi connectivity index (χ1) is 15.7. The van der Waals surface area contributed by atoms with E-state index < -0.39 is 6.10 Å². The molecule has 2 N–H and O–H groups in total. The van der Waals surface area contributed by atoms with Gasteiger partial charge in [0.1, 0.15) is 0 Å². The lowest BCUT2D eigenvalue weighted by molar-refractivity contribution is -0.130. The number of piperidine rings is 1. The van der Waals surface area contributed by atoms with E-state index in [4.69, 9.17) is 23.2 Å². The normalized spacial score (nSPS) is 23.7. The predicted molar refractivity (Wildman–Crippen MR) is 130 cm³/mol. The van der Waals surface area contributed by atoms with Gasteiger partial charge >= 0.3 is 0 Å². The second-order valence-electron chi connectivity index (χ2n) is 9.12. The molecule has 3 rings (SSSR count). The summed E-state index contributed by atoms with van der Waals surface area (Å²) < 4.78 is 0. The molecule has 0 saturated carbocycles. The van der Waals surface area contributed by atoms with Crippen LogP contribution in [0.5, 0.6) is 0 Å². The van der Waals surface area contributed by atoms with E-state index in [1.165, 1.54) is 6.08 Å². The zero-order chi connectivity index (χ0) is 24.0. The SMILES string of the molecule is C[C@@H]1C[C@H](O)CN(C[C@H](O)CCN2CCN(C(=O)/C=C/c3ccc(Cl)c(Cl)c3)CCC2=O)C1. The summed E-state index contributed by atoms with van der Waals surface area (Å²) in [6.45, 7) is 5.75. The summed E-state index contributed by atoms with van der Waals surface area (Å²) in [6, 6.07) is 5.15. The van der Waals surface area contributed by atoms with Crippen LogP contribution < -0.4 is 0 Å². The van der Waals surface area contributed by atoms with Crippen LogP contribution in [0.25, 0.3) is 6.08 Å². The number of carbonyl (C=O) groups is 2. The zero-order valence-electron chi connectivity index (χ0n) is 19.0. The van der Waals surface area contributed by atoms with Crippen LogP contribution in [-0.2, 0) is 9.59 Å². The van der Waals surface area contributed by atoms with Crippen LogP contribution in [0.2, 0.25) is 10.0 Å². The standard InChI is InChI=1S/C24H33Cl2N3O4/c1-17-12-20(31)16-27(14-17)15-19(30)6-8-28-10-11-29(9-7-24(28)33)23(32)5-3-18-2-4-21(25)22(26)13-18/h2-5,13,17,19-20,30-31H,6-12,14-16H2,1H3/b5-3+/t17-,19-,20+/m1/s1. The number of aliphatic hydroxyl groups is 2. The Bertz CT molecular complexity index is 856. The maximum atomic E-state index is 12.6. The van der Waals surface area contributed by atoms with Gasteiger partial charge in [0.2, 0.25) is 11.8 Å². The van der Waals surface area contributed by atoms with Crippen molar-refractivity contribution in [3.05, 3.63) is 39.9 Å². The minimum atomic E-state index is -0.564. The van der Waals surface area contributed by atoms with Gasteiger partial charge in [-0.3, -0.25) is 14.5 Å². The van der Waals surface area contributed by atoms with E-state index >= 15 is 0 Å². The van der Waals surface area contributed by atoms with Crippen LogP contribution in [0.4, 0.5) is 0 Å². The van der Waals surface area contributed by atoms with Crippen LogP contribution in [0.1, 0.15) is 31.7 Å². The molecule has 0 bridgehead atoms. The largest absolute Gasteiger partial charge is 0.392 e. The van der Waals surface area contributed by atoms with Gasteiger partial charge in [-0.25, -0.2) is 0 Å². The monoisotopic (exact) mass is 497 g/mol. The molecular formula is C24H33Cl2N3O4. The van der Waals surface area contributed by atoms with E-state index in [1.54, 1.807) is 34.1 Å². The minimum Gasteiger partial charge on any atom is -0.392 e. The Morgan fingerprint density at radius 1 is 1.21 bits per heavy atom. The van der Waals surface area contributed by atoms with Crippen molar-refractivity contribution in [3.63, 3.8) is 0 Å². The highest BCUT2D eigenvalue weighted by Crippen LogP contribution is 2.23. The molecule has 2 heterocycles. The average Bonchev–Trinajstić information content (AvgIpc) is 2.93. The number of aliphatic hydroxyl groups excluding tert-OH is 2. The van der Waals surface area contributed by atoms with E-state index in [2.05, 4.69) is 11.8 Å². The topological polar surface area (TPSA) is 84.3 Å². The molecule has 2 aliphatic rings. The fraction of sp³-hybridized carbons (Fsp3) is 0.583. The van der Waals surface area contributed by atoms with Crippen molar-refractivity contribution >= 4 is 41.1 Å². The van der Waals surface area contributed by atoms with E-state index in [9.17, 15) is 19.8 Å². The third-order valence-corrected chi connectivity index (χ3v) is 6.92. The van der Waals surface area contributed by atoms with Gasteiger partial charge in [-0.2, -0.15) is 0 Å². The highest BCUT2D eigenvalue weighted by atomic mass is 35.5. The maximum Gasteiger partial charge on any atom is 0.246 e. The highest BCUT2D eigenvalue weighted by molar-refractivity contribution is 6.42.